The predicted octanol–water partition coefficient (Wildman–Crippen LogP) is 5.51. The molecule has 0 aliphatic carbocycles. The van der Waals surface area contributed by atoms with Crippen LogP contribution in [0.25, 0.3) is 10.8 Å². The lowest BCUT2D eigenvalue weighted by molar-refractivity contribution is 0.0640. The maximum Gasteiger partial charge on any atom is 0.254 e. The molecule has 2 heterocycles. The fraction of sp³-hybridized carbons (Fsp3) is 0.424. The third-order valence-corrected chi connectivity index (χ3v) is 8.28. The van der Waals surface area contributed by atoms with Crippen molar-refractivity contribution < 1.29 is 9.53 Å². The summed E-state index contributed by atoms with van der Waals surface area (Å²) < 4.78 is 6.02. The van der Waals surface area contributed by atoms with Crippen molar-refractivity contribution in [1.29, 1.82) is 0 Å². The van der Waals surface area contributed by atoms with Crippen LogP contribution in [-0.2, 0) is 6.42 Å². The van der Waals surface area contributed by atoms with Crippen LogP contribution in [0.4, 0.5) is 0 Å². The summed E-state index contributed by atoms with van der Waals surface area (Å²) in [5.41, 5.74) is 3.47. The van der Waals surface area contributed by atoms with Gasteiger partial charge in [-0.05, 0) is 79.7 Å². The van der Waals surface area contributed by atoms with E-state index in [4.69, 9.17) is 4.74 Å². The van der Waals surface area contributed by atoms with Crippen LogP contribution in [0.15, 0.2) is 78.9 Å². The first-order valence-electron chi connectivity index (χ1n) is 14.2. The van der Waals surface area contributed by atoms with Gasteiger partial charge in [-0.2, -0.15) is 0 Å². The summed E-state index contributed by atoms with van der Waals surface area (Å²) in [5.74, 6) is 1.79. The van der Waals surface area contributed by atoms with Gasteiger partial charge in [0, 0.05) is 44.8 Å². The van der Waals surface area contributed by atoms with E-state index in [1.807, 2.05) is 35.2 Å². The fourth-order valence-corrected chi connectivity index (χ4v) is 5.74. The fourth-order valence-electron chi connectivity index (χ4n) is 5.74. The summed E-state index contributed by atoms with van der Waals surface area (Å²) in [5, 5.41) is 2.16. The summed E-state index contributed by atoms with van der Waals surface area (Å²) in [6, 6.07) is 22.7. The molecule has 5 rings (SSSR count). The van der Waals surface area contributed by atoms with E-state index in [2.05, 4.69) is 59.7 Å². The van der Waals surface area contributed by atoms with Crippen LogP contribution in [0.1, 0.15) is 35.7 Å². The van der Waals surface area contributed by atoms with Crippen molar-refractivity contribution in [2.24, 2.45) is 5.92 Å². The molecule has 5 heteroatoms. The molecule has 0 bridgehead atoms. The zero-order valence-corrected chi connectivity index (χ0v) is 22.8. The molecule has 0 unspecified atom stereocenters. The molecule has 2 saturated heterocycles. The molecule has 0 radical (unpaired) electrons. The normalized spacial score (nSPS) is 17.6. The summed E-state index contributed by atoms with van der Waals surface area (Å²) in [4.78, 5) is 20.2. The van der Waals surface area contributed by atoms with E-state index in [9.17, 15) is 4.79 Å². The average molecular weight is 512 g/mol. The van der Waals surface area contributed by atoms with E-state index in [-0.39, 0.29) is 5.91 Å². The number of likely N-dealkylation sites (tertiary alicyclic amines) is 1. The number of piperidine rings is 1. The van der Waals surface area contributed by atoms with Gasteiger partial charge in [-0.3, -0.25) is 14.6 Å². The van der Waals surface area contributed by atoms with Crippen LogP contribution in [0.5, 0.6) is 5.75 Å². The maximum absolute atomic E-state index is 13.2. The predicted molar refractivity (Wildman–Crippen MR) is 156 cm³/mol. The Morgan fingerprint density at radius 3 is 2.26 bits per heavy atom. The number of hydrogen-bond donors (Lipinski definition) is 0. The van der Waals surface area contributed by atoms with Gasteiger partial charge in [0.1, 0.15) is 12.4 Å². The lowest BCUT2D eigenvalue weighted by Crippen LogP contribution is -2.49. The third-order valence-electron chi connectivity index (χ3n) is 8.28. The molecule has 0 atom stereocenters. The van der Waals surface area contributed by atoms with Gasteiger partial charge in [0.2, 0.25) is 0 Å². The van der Waals surface area contributed by atoms with E-state index >= 15 is 0 Å². The average Bonchev–Trinajstić information content (AvgIpc) is 2.96. The first-order chi connectivity index (χ1) is 18.6. The van der Waals surface area contributed by atoms with Gasteiger partial charge in [0.25, 0.3) is 5.91 Å². The zero-order chi connectivity index (χ0) is 26.3. The van der Waals surface area contributed by atoms with E-state index < -0.39 is 0 Å². The van der Waals surface area contributed by atoms with Gasteiger partial charge in [-0.1, -0.05) is 60.7 Å². The largest absolute Gasteiger partial charge is 0.492 e. The number of piperazine rings is 1. The number of benzene rings is 3. The number of carbonyl (C=O) groups excluding carboxylic acids is 1. The topological polar surface area (TPSA) is 36.0 Å². The zero-order valence-electron chi connectivity index (χ0n) is 22.8. The molecule has 2 fully saturated rings. The number of nitrogens with zero attached hydrogens (tertiary/aromatic N) is 3. The summed E-state index contributed by atoms with van der Waals surface area (Å²) in [6.07, 6.45) is 3.45. The molecule has 38 heavy (non-hydrogen) atoms. The van der Waals surface area contributed by atoms with Crippen LogP contribution >= 0.6 is 0 Å². The number of amides is 1. The highest BCUT2D eigenvalue weighted by Crippen LogP contribution is 2.23. The minimum Gasteiger partial charge on any atom is -0.492 e. The Bertz CT molecular complexity index is 1220. The molecule has 0 spiro atoms. The number of ether oxygens (including phenoxy) is 1. The van der Waals surface area contributed by atoms with Crippen molar-refractivity contribution in [1.82, 2.24) is 14.7 Å². The maximum atomic E-state index is 13.2. The highest BCUT2D eigenvalue weighted by molar-refractivity contribution is 6.07. The molecular formula is C33H41N3O2. The number of fused-ring (bicyclic) bond motifs is 1. The molecule has 200 valence electrons. The SMILES string of the molecule is C=C(C)C1CCN(CCOc2ccc(CCN3CCN(C(=O)c4cccc5ccccc45)CC3)cc2)CC1. The molecule has 2 aliphatic heterocycles. The quantitative estimate of drug-likeness (QED) is 0.355. The molecule has 0 N–H and O–H groups in total. The van der Waals surface area contributed by atoms with Crippen LogP contribution in [0.3, 0.4) is 0 Å². The standard InChI is InChI=1S/C33H41N3O2/c1-26(2)28-15-18-34(19-16-28)24-25-38-30-12-10-27(11-13-30)14-17-35-20-22-36(23-21-35)33(37)32-9-5-7-29-6-3-4-8-31(29)32/h3-13,28H,1,14-25H2,2H3. The lowest BCUT2D eigenvalue weighted by atomic mass is 9.91. The van der Waals surface area contributed by atoms with Gasteiger partial charge >= 0.3 is 0 Å². The molecule has 1 amide bonds. The Morgan fingerprint density at radius 2 is 1.53 bits per heavy atom. The van der Waals surface area contributed by atoms with Gasteiger partial charge < -0.3 is 9.64 Å². The molecule has 2 aliphatic rings. The summed E-state index contributed by atoms with van der Waals surface area (Å²) in [6.45, 7) is 14.7. The minimum absolute atomic E-state index is 0.147. The van der Waals surface area contributed by atoms with Crippen molar-refractivity contribution in [3.63, 3.8) is 0 Å². The second kappa shape index (κ2) is 12.6. The van der Waals surface area contributed by atoms with E-state index in [1.165, 1.54) is 24.0 Å². The van der Waals surface area contributed by atoms with Crippen LogP contribution in [0.2, 0.25) is 0 Å². The smallest absolute Gasteiger partial charge is 0.254 e. The molecule has 5 nitrogen and oxygen atoms in total. The third kappa shape index (κ3) is 6.64. The first-order valence-corrected chi connectivity index (χ1v) is 14.2. The number of allylic oxidation sites excluding steroid dienone is 1. The second-order valence-corrected chi connectivity index (χ2v) is 10.9. The van der Waals surface area contributed by atoms with Crippen molar-refractivity contribution in [2.45, 2.75) is 26.2 Å². The van der Waals surface area contributed by atoms with E-state index in [0.29, 0.717) is 5.92 Å². The molecule has 3 aromatic carbocycles. The highest BCUT2D eigenvalue weighted by atomic mass is 16.5. The minimum atomic E-state index is 0.147. The number of hydrogen-bond acceptors (Lipinski definition) is 4. The van der Waals surface area contributed by atoms with Crippen LogP contribution < -0.4 is 4.74 Å². The van der Waals surface area contributed by atoms with Gasteiger partial charge in [0.15, 0.2) is 0 Å². The Balaban J connectivity index is 1.02. The first kappa shape index (κ1) is 26.5. The molecular weight excluding hydrogens is 470 g/mol. The van der Waals surface area contributed by atoms with E-state index in [0.717, 1.165) is 87.5 Å². The number of rotatable bonds is 9. The molecule has 0 aromatic heterocycles. The Labute approximate surface area is 227 Å². The lowest BCUT2D eigenvalue weighted by Gasteiger charge is -2.35. The molecule has 3 aromatic rings. The number of carbonyl (C=O) groups is 1. The van der Waals surface area contributed by atoms with E-state index in [1.54, 1.807) is 0 Å². The summed E-state index contributed by atoms with van der Waals surface area (Å²) in [7, 11) is 0. The molecule has 0 saturated carbocycles. The Kier molecular flexibility index (Phi) is 8.77. The second-order valence-electron chi connectivity index (χ2n) is 10.9. The van der Waals surface area contributed by atoms with Crippen molar-refractivity contribution in [2.75, 3.05) is 59.0 Å². The summed E-state index contributed by atoms with van der Waals surface area (Å²) >= 11 is 0. The van der Waals surface area contributed by atoms with Crippen molar-refractivity contribution >= 4 is 16.7 Å². The van der Waals surface area contributed by atoms with Crippen LogP contribution in [0, 0.1) is 5.92 Å². The Hall–Kier alpha value is -3.15. The Morgan fingerprint density at radius 1 is 0.842 bits per heavy atom. The van der Waals surface area contributed by atoms with Gasteiger partial charge in [-0.15, -0.1) is 0 Å². The van der Waals surface area contributed by atoms with Crippen LogP contribution in [-0.4, -0.2) is 79.6 Å². The van der Waals surface area contributed by atoms with Gasteiger partial charge in [0.05, 0.1) is 0 Å². The van der Waals surface area contributed by atoms with Gasteiger partial charge in [-0.25, -0.2) is 0 Å². The van der Waals surface area contributed by atoms with Crippen molar-refractivity contribution in [3.8, 4) is 5.75 Å². The van der Waals surface area contributed by atoms with Crippen molar-refractivity contribution in [3.05, 3.63) is 90.0 Å². The highest BCUT2D eigenvalue weighted by Gasteiger charge is 2.23. The monoisotopic (exact) mass is 511 g/mol.